The second kappa shape index (κ2) is 7.70. The Labute approximate surface area is 154 Å². The molecule has 0 saturated carbocycles. The molecule has 0 aliphatic carbocycles. The Hall–Kier alpha value is -0.340. The topological polar surface area (TPSA) is 26.3 Å². The average molecular weight is 556 g/mol. The summed E-state index contributed by atoms with van der Waals surface area (Å²) >= 11 is 4.89. The molecular formula is C18H20Br2O2Te. The first-order valence-electron chi connectivity index (χ1n) is 7.20. The first kappa shape index (κ1) is 19.0. The summed E-state index contributed by atoms with van der Waals surface area (Å²) < 4.78 is 6.88. The minimum absolute atomic E-state index is 0.200. The summed E-state index contributed by atoms with van der Waals surface area (Å²) in [4.78, 5) is 12.9. The molecule has 0 aromatic heterocycles. The first-order chi connectivity index (χ1) is 10.7. The van der Waals surface area contributed by atoms with Gasteiger partial charge in [0, 0.05) is 0 Å². The molecule has 0 heterocycles. The number of ketones is 1. The minimum atomic E-state index is -2.79. The van der Waals surface area contributed by atoms with Crippen LogP contribution in [0.25, 0.3) is 0 Å². The van der Waals surface area contributed by atoms with Crippen LogP contribution in [0.3, 0.4) is 0 Å². The van der Waals surface area contributed by atoms with Gasteiger partial charge in [-0.1, -0.05) is 0 Å². The van der Waals surface area contributed by atoms with Gasteiger partial charge in [-0.25, -0.2) is 0 Å². The van der Waals surface area contributed by atoms with E-state index in [9.17, 15) is 4.79 Å². The van der Waals surface area contributed by atoms with Gasteiger partial charge in [0.2, 0.25) is 0 Å². The van der Waals surface area contributed by atoms with Crippen molar-refractivity contribution in [2.24, 2.45) is 0 Å². The number of ether oxygens (including phenoxy) is 1. The quantitative estimate of drug-likeness (QED) is 0.386. The van der Waals surface area contributed by atoms with Crippen molar-refractivity contribution in [1.29, 1.82) is 0 Å². The Morgan fingerprint density at radius 3 is 2.04 bits per heavy atom. The second-order valence-electron chi connectivity index (χ2n) is 5.59. The molecule has 2 nitrogen and oxygen atoms in total. The Balaban J connectivity index is 2.27. The summed E-state index contributed by atoms with van der Waals surface area (Å²) in [7, 11) is 1.65. The van der Waals surface area contributed by atoms with Crippen molar-refractivity contribution in [3.8, 4) is 5.75 Å². The number of carbonyl (C=O) groups excluding carboxylic acids is 1. The summed E-state index contributed by atoms with van der Waals surface area (Å²) in [6.07, 6.45) is 0. The third kappa shape index (κ3) is 4.60. The number of methoxy groups -OCH3 is 1. The van der Waals surface area contributed by atoms with E-state index < -0.39 is 13.8 Å². The maximum absolute atomic E-state index is 12.9. The summed E-state index contributed by atoms with van der Waals surface area (Å²) in [5.41, 5.74) is 4.16. The van der Waals surface area contributed by atoms with E-state index in [-0.39, 0.29) is 5.78 Å². The van der Waals surface area contributed by atoms with E-state index in [0.717, 1.165) is 22.4 Å². The fraction of sp³-hybridized carbons (Fsp3) is 0.278. The Morgan fingerprint density at radius 1 is 1.04 bits per heavy atom. The Morgan fingerprint density at radius 2 is 1.57 bits per heavy atom. The van der Waals surface area contributed by atoms with Crippen molar-refractivity contribution in [2.45, 2.75) is 25.2 Å². The van der Waals surface area contributed by atoms with Crippen LogP contribution in [0.5, 0.6) is 5.75 Å². The molecule has 0 aliphatic rings. The number of hydrogen-bond donors (Lipinski definition) is 0. The molecule has 0 bridgehead atoms. The van der Waals surface area contributed by atoms with Gasteiger partial charge in [-0.15, -0.1) is 0 Å². The van der Waals surface area contributed by atoms with Crippen LogP contribution in [0.4, 0.5) is 0 Å². The molecule has 0 N–H and O–H groups in total. The van der Waals surface area contributed by atoms with Gasteiger partial charge in [-0.2, -0.15) is 0 Å². The Kier molecular flexibility index (Phi) is 6.35. The molecule has 2 aromatic carbocycles. The predicted molar refractivity (Wildman–Crippen MR) is 106 cm³/mol. The van der Waals surface area contributed by atoms with Crippen LogP contribution < -0.4 is 8.35 Å². The van der Waals surface area contributed by atoms with E-state index in [4.69, 9.17) is 4.74 Å². The van der Waals surface area contributed by atoms with E-state index in [1.54, 1.807) is 7.11 Å². The van der Waals surface area contributed by atoms with Gasteiger partial charge < -0.3 is 0 Å². The number of hydrogen-bond acceptors (Lipinski definition) is 2. The van der Waals surface area contributed by atoms with Gasteiger partial charge in [0.05, 0.1) is 0 Å². The molecule has 0 atom stereocenters. The molecule has 0 spiro atoms. The monoisotopic (exact) mass is 556 g/mol. The molecule has 0 saturated heterocycles. The fourth-order valence-corrected chi connectivity index (χ4v) is 11.8. The number of rotatable bonds is 5. The fourth-order valence-electron chi connectivity index (χ4n) is 2.71. The molecule has 124 valence electrons. The van der Waals surface area contributed by atoms with Crippen LogP contribution in [0, 0.1) is 20.8 Å². The predicted octanol–water partition coefficient (Wildman–Crippen LogP) is 4.94. The molecule has 0 unspecified atom stereocenters. The number of Topliss-reactive ketones (excluding diaryl/α,β-unsaturated/α-hetero) is 1. The van der Waals surface area contributed by atoms with Crippen LogP contribution in [-0.4, -0.2) is 26.7 Å². The average Bonchev–Trinajstić information content (AvgIpc) is 2.45. The van der Waals surface area contributed by atoms with E-state index >= 15 is 0 Å². The third-order valence-corrected chi connectivity index (χ3v) is 16.3. The number of halogens is 2. The zero-order valence-electron chi connectivity index (χ0n) is 13.7. The van der Waals surface area contributed by atoms with Crippen molar-refractivity contribution < 1.29 is 9.53 Å². The molecule has 0 aliphatic heterocycles. The molecule has 23 heavy (non-hydrogen) atoms. The molecular weight excluding hydrogens is 536 g/mol. The van der Waals surface area contributed by atoms with Crippen molar-refractivity contribution in [3.63, 3.8) is 0 Å². The number of carbonyl (C=O) groups is 1. The normalized spacial score (nSPS) is 12.1. The molecule has 5 heteroatoms. The van der Waals surface area contributed by atoms with Crippen LogP contribution in [-0.2, 0) is 0 Å². The van der Waals surface area contributed by atoms with Gasteiger partial charge in [0.1, 0.15) is 0 Å². The number of benzene rings is 2. The summed E-state index contributed by atoms with van der Waals surface area (Å²) in [5, 5.41) is 0. The Bertz CT molecular complexity index is 701. The second-order valence-corrected chi connectivity index (χ2v) is 31.7. The summed E-state index contributed by atoms with van der Waals surface area (Å²) in [6.45, 7) is 6.08. The van der Waals surface area contributed by atoms with E-state index in [1.807, 2.05) is 38.1 Å². The van der Waals surface area contributed by atoms with E-state index in [2.05, 4.69) is 44.6 Å². The zero-order chi connectivity index (χ0) is 17.2. The first-order valence-corrected chi connectivity index (χ1v) is 20.5. The van der Waals surface area contributed by atoms with Crippen LogP contribution in [0.1, 0.15) is 27.0 Å². The summed E-state index contributed by atoms with van der Waals surface area (Å²) in [5.74, 6) is 1.02. The maximum atomic E-state index is 12.9. The van der Waals surface area contributed by atoms with E-state index in [1.165, 1.54) is 9.17 Å². The van der Waals surface area contributed by atoms with Gasteiger partial charge >= 0.3 is 155 Å². The van der Waals surface area contributed by atoms with Gasteiger partial charge in [-0.05, 0) is 0 Å². The zero-order valence-corrected chi connectivity index (χ0v) is 19.2. The standard InChI is InChI=1S/C18H20Br2O2Te/c1-12-9-13(2)18(14(3)10-12)17(21)11-23(19,20)16-7-5-15(22-4)6-8-16/h5-10H,11H2,1-4H3. The van der Waals surface area contributed by atoms with Crippen LogP contribution >= 0.6 is 25.5 Å². The molecule has 0 amide bonds. The number of aryl methyl sites for hydroxylation is 3. The van der Waals surface area contributed by atoms with Gasteiger partial charge in [-0.3, -0.25) is 0 Å². The van der Waals surface area contributed by atoms with Gasteiger partial charge in [0.15, 0.2) is 0 Å². The van der Waals surface area contributed by atoms with Crippen LogP contribution in [0.2, 0.25) is 4.47 Å². The van der Waals surface area contributed by atoms with Gasteiger partial charge in [0.25, 0.3) is 0 Å². The van der Waals surface area contributed by atoms with Crippen molar-refractivity contribution in [1.82, 2.24) is 0 Å². The van der Waals surface area contributed by atoms with Crippen LogP contribution in [0.15, 0.2) is 36.4 Å². The van der Waals surface area contributed by atoms with Crippen molar-refractivity contribution in [2.75, 3.05) is 7.11 Å². The van der Waals surface area contributed by atoms with E-state index in [0.29, 0.717) is 4.47 Å². The molecule has 2 rings (SSSR count). The SMILES string of the molecule is COc1ccc([Te](Br)(Br)CC(=O)c2c(C)cc(C)cc2C)cc1. The molecule has 2 aromatic rings. The van der Waals surface area contributed by atoms with Crippen molar-refractivity contribution >= 4 is 48.7 Å². The molecule has 0 radical (unpaired) electrons. The third-order valence-electron chi connectivity index (χ3n) is 3.67. The van der Waals surface area contributed by atoms with Crippen molar-refractivity contribution in [3.05, 3.63) is 58.7 Å². The summed E-state index contributed by atoms with van der Waals surface area (Å²) in [6, 6.07) is 12.1. The molecule has 0 fully saturated rings.